The molecule has 0 radical (unpaired) electrons. The zero-order valence-electron chi connectivity index (χ0n) is 14.7. The minimum Gasteiger partial charge on any atom is -0.478 e. The average Bonchev–Trinajstić information content (AvgIpc) is 2.64. The molecule has 1 heterocycles. The van der Waals surface area contributed by atoms with E-state index in [0.717, 1.165) is 24.8 Å². The topological polar surface area (TPSA) is 57.6 Å². The third-order valence-electron chi connectivity index (χ3n) is 4.95. The molecule has 2 aromatic rings. The van der Waals surface area contributed by atoms with E-state index in [4.69, 9.17) is 5.11 Å². The van der Waals surface area contributed by atoms with Gasteiger partial charge in [-0.1, -0.05) is 18.2 Å². The quantitative estimate of drug-likeness (QED) is 0.904. The number of likely N-dealkylation sites (tertiary alicyclic amines) is 1. The van der Waals surface area contributed by atoms with Crippen LogP contribution >= 0.6 is 0 Å². The Hall–Kier alpha value is -2.69. The maximum absolute atomic E-state index is 13.7. The number of carbonyl (C=O) groups is 2. The molecule has 1 N–H and O–H groups in total. The van der Waals surface area contributed by atoms with Gasteiger partial charge in [0.15, 0.2) is 0 Å². The summed E-state index contributed by atoms with van der Waals surface area (Å²) in [5, 5.41) is 8.97. The predicted molar refractivity (Wildman–Crippen MR) is 96.9 cm³/mol. The molecule has 4 nitrogen and oxygen atoms in total. The summed E-state index contributed by atoms with van der Waals surface area (Å²) < 4.78 is 13.7. The first-order chi connectivity index (χ1) is 12.4. The zero-order valence-corrected chi connectivity index (χ0v) is 14.7. The number of amides is 1. The van der Waals surface area contributed by atoms with Gasteiger partial charge < -0.3 is 10.0 Å². The highest BCUT2D eigenvalue weighted by molar-refractivity contribution is 5.94. The third kappa shape index (κ3) is 4.10. The lowest BCUT2D eigenvalue weighted by Gasteiger charge is -2.33. The largest absolute Gasteiger partial charge is 0.478 e. The van der Waals surface area contributed by atoms with E-state index in [2.05, 4.69) is 0 Å². The van der Waals surface area contributed by atoms with Crippen LogP contribution in [0, 0.1) is 18.7 Å². The Labute approximate surface area is 152 Å². The van der Waals surface area contributed by atoms with E-state index in [9.17, 15) is 14.0 Å². The molecule has 3 rings (SSSR count). The Morgan fingerprint density at radius 3 is 2.50 bits per heavy atom. The zero-order chi connectivity index (χ0) is 18.7. The molecule has 1 aliphatic rings. The van der Waals surface area contributed by atoms with Crippen LogP contribution in [-0.2, 0) is 6.42 Å². The van der Waals surface area contributed by atoms with E-state index in [1.807, 2.05) is 12.1 Å². The molecule has 0 spiro atoms. The van der Waals surface area contributed by atoms with E-state index in [1.54, 1.807) is 36.1 Å². The standard InChI is InChI=1S/C21H22FNO3/c1-14-4-7-18(12-19(14)22)20(24)23-10-2-3-16(13-23)11-15-5-8-17(9-6-15)21(25)26/h4-9,12,16H,2-3,10-11,13H2,1H3,(H,25,26)/t16-/m0/s1. The fraction of sp³-hybridized carbons (Fsp3) is 0.333. The lowest BCUT2D eigenvalue weighted by molar-refractivity contribution is 0.0669. The van der Waals surface area contributed by atoms with Crippen LogP contribution in [0.5, 0.6) is 0 Å². The lowest BCUT2D eigenvalue weighted by Crippen LogP contribution is -2.40. The molecule has 1 amide bonds. The second-order valence-corrected chi connectivity index (χ2v) is 6.93. The summed E-state index contributed by atoms with van der Waals surface area (Å²) in [5.74, 6) is -1.10. The highest BCUT2D eigenvalue weighted by Crippen LogP contribution is 2.23. The number of hydrogen-bond acceptors (Lipinski definition) is 2. The van der Waals surface area contributed by atoms with Gasteiger partial charge in [0.2, 0.25) is 0 Å². The van der Waals surface area contributed by atoms with Gasteiger partial charge in [0.1, 0.15) is 5.82 Å². The van der Waals surface area contributed by atoms with Gasteiger partial charge in [-0.05, 0) is 67.5 Å². The maximum atomic E-state index is 13.7. The van der Waals surface area contributed by atoms with Gasteiger partial charge in [0, 0.05) is 18.7 Å². The van der Waals surface area contributed by atoms with Crippen LogP contribution in [-0.4, -0.2) is 35.0 Å². The van der Waals surface area contributed by atoms with Crippen LogP contribution in [0.15, 0.2) is 42.5 Å². The van der Waals surface area contributed by atoms with Crippen molar-refractivity contribution >= 4 is 11.9 Å². The molecule has 0 aromatic heterocycles. The van der Waals surface area contributed by atoms with Crippen molar-refractivity contribution in [2.24, 2.45) is 5.92 Å². The van der Waals surface area contributed by atoms with E-state index in [-0.39, 0.29) is 17.3 Å². The minimum absolute atomic E-state index is 0.130. The number of carboxylic acid groups (broad SMARTS) is 1. The number of carboxylic acids is 1. The number of halogens is 1. The molecule has 0 unspecified atom stereocenters. The van der Waals surface area contributed by atoms with Gasteiger partial charge in [-0.2, -0.15) is 0 Å². The van der Waals surface area contributed by atoms with Gasteiger partial charge >= 0.3 is 5.97 Å². The van der Waals surface area contributed by atoms with Crippen LogP contribution in [0.3, 0.4) is 0 Å². The molecule has 2 aromatic carbocycles. The molecule has 0 bridgehead atoms. The Morgan fingerprint density at radius 2 is 1.85 bits per heavy atom. The Morgan fingerprint density at radius 1 is 1.15 bits per heavy atom. The molecule has 0 aliphatic carbocycles. The first kappa shape index (κ1) is 18.1. The summed E-state index contributed by atoms with van der Waals surface area (Å²) >= 11 is 0. The summed E-state index contributed by atoms with van der Waals surface area (Å²) in [6, 6.07) is 11.5. The first-order valence-electron chi connectivity index (χ1n) is 8.81. The summed E-state index contributed by atoms with van der Waals surface area (Å²) in [5.41, 5.74) is 2.26. The fourth-order valence-electron chi connectivity index (χ4n) is 3.44. The predicted octanol–water partition coefficient (Wildman–Crippen LogP) is 3.93. The van der Waals surface area contributed by atoms with Gasteiger partial charge in [0.25, 0.3) is 5.91 Å². The summed E-state index contributed by atoms with van der Waals surface area (Å²) in [4.78, 5) is 25.4. The van der Waals surface area contributed by atoms with Crippen molar-refractivity contribution in [3.63, 3.8) is 0 Å². The molecule has 1 saturated heterocycles. The Kier molecular flexibility index (Phi) is 5.35. The van der Waals surface area contributed by atoms with Crippen molar-refractivity contribution in [3.05, 3.63) is 70.5 Å². The number of carbonyl (C=O) groups excluding carboxylic acids is 1. The molecule has 0 saturated carbocycles. The highest BCUT2D eigenvalue weighted by atomic mass is 19.1. The summed E-state index contributed by atoms with van der Waals surface area (Å²) in [6.07, 6.45) is 2.73. The molecule has 1 atom stereocenters. The van der Waals surface area contributed by atoms with Crippen LogP contribution < -0.4 is 0 Å². The minimum atomic E-state index is -0.934. The lowest BCUT2D eigenvalue weighted by atomic mass is 9.90. The van der Waals surface area contributed by atoms with E-state index in [0.29, 0.717) is 30.1 Å². The van der Waals surface area contributed by atoms with Crippen LogP contribution in [0.1, 0.15) is 44.7 Å². The molecular formula is C21H22FNO3. The van der Waals surface area contributed by atoms with E-state index >= 15 is 0 Å². The highest BCUT2D eigenvalue weighted by Gasteiger charge is 2.25. The van der Waals surface area contributed by atoms with Gasteiger partial charge in [-0.3, -0.25) is 4.79 Å². The Bertz CT molecular complexity index is 817. The van der Waals surface area contributed by atoms with Crippen molar-refractivity contribution in [2.45, 2.75) is 26.2 Å². The van der Waals surface area contributed by atoms with Crippen molar-refractivity contribution in [1.82, 2.24) is 4.90 Å². The second kappa shape index (κ2) is 7.68. The molecule has 136 valence electrons. The number of benzene rings is 2. The van der Waals surface area contributed by atoms with Gasteiger partial charge in [-0.25, -0.2) is 9.18 Å². The van der Waals surface area contributed by atoms with Crippen molar-refractivity contribution < 1.29 is 19.1 Å². The van der Waals surface area contributed by atoms with Crippen LogP contribution in [0.2, 0.25) is 0 Å². The SMILES string of the molecule is Cc1ccc(C(=O)N2CCC[C@@H](Cc3ccc(C(=O)O)cc3)C2)cc1F. The van der Waals surface area contributed by atoms with E-state index in [1.165, 1.54) is 6.07 Å². The number of nitrogens with zero attached hydrogens (tertiary/aromatic N) is 1. The summed E-state index contributed by atoms with van der Waals surface area (Å²) in [7, 11) is 0. The van der Waals surface area contributed by atoms with E-state index < -0.39 is 5.97 Å². The molecule has 1 aliphatic heterocycles. The smallest absolute Gasteiger partial charge is 0.335 e. The number of rotatable bonds is 4. The second-order valence-electron chi connectivity index (χ2n) is 6.93. The first-order valence-corrected chi connectivity index (χ1v) is 8.81. The Balaban J connectivity index is 1.65. The molecular weight excluding hydrogens is 333 g/mol. The molecule has 26 heavy (non-hydrogen) atoms. The van der Waals surface area contributed by atoms with Crippen LogP contribution in [0.4, 0.5) is 4.39 Å². The average molecular weight is 355 g/mol. The van der Waals surface area contributed by atoms with Crippen LogP contribution in [0.25, 0.3) is 0 Å². The maximum Gasteiger partial charge on any atom is 0.335 e. The molecule has 5 heteroatoms. The molecule has 1 fully saturated rings. The van der Waals surface area contributed by atoms with Gasteiger partial charge in [-0.15, -0.1) is 0 Å². The number of hydrogen-bond donors (Lipinski definition) is 1. The van der Waals surface area contributed by atoms with Crippen molar-refractivity contribution in [1.29, 1.82) is 0 Å². The third-order valence-corrected chi connectivity index (χ3v) is 4.95. The normalized spacial score (nSPS) is 17.2. The number of piperidine rings is 1. The summed E-state index contributed by atoms with van der Waals surface area (Å²) in [6.45, 7) is 2.99. The monoisotopic (exact) mass is 355 g/mol. The van der Waals surface area contributed by atoms with Crippen molar-refractivity contribution in [2.75, 3.05) is 13.1 Å². The number of aryl methyl sites for hydroxylation is 1. The van der Waals surface area contributed by atoms with Crippen molar-refractivity contribution in [3.8, 4) is 0 Å². The number of aromatic carboxylic acids is 1. The fourth-order valence-corrected chi connectivity index (χ4v) is 3.44. The van der Waals surface area contributed by atoms with Gasteiger partial charge in [0.05, 0.1) is 5.56 Å².